The van der Waals surface area contributed by atoms with Crippen molar-refractivity contribution in [2.75, 3.05) is 92.4 Å². The molecule has 1 N–H and O–H groups in total. The highest BCUT2D eigenvalue weighted by atomic mass is 16.6. The van der Waals surface area contributed by atoms with Crippen molar-refractivity contribution in [2.24, 2.45) is 5.92 Å². The van der Waals surface area contributed by atoms with Crippen LogP contribution in [0.25, 0.3) is 0 Å². The molecule has 0 heterocycles. The SMILES string of the molecule is CC.CCNCCOCCOCCOCCOCCOCCOCCC(C)CC.[HH]. The summed E-state index contributed by atoms with van der Waals surface area (Å²) in [6.45, 7) is 19.9. The van der Waals surface area contributed by atoms with Crippen molar-refractivity contribution in [1.82, 2.24) is 5.32 Å². The zero-order chi connectivity index (χ0) is 21.8. The summed E-state index contributed by atoms with van der Waals surface area (Å²) in [5.41, 5.74) is 0. The fraction of sp³-hybridized carbons (Fsp3) is 1.00. The molecule has 7 nitrogen and oxygen atoms in total. The second-order valence-electron chi connectivity index (χ2n) is 6.33. The molecule has 180 valence electrons. The maximum Gasteiger partial charge on any atom is 0.0701 e. The fourth-order valence-corrected chi connectivity index (χ4v) is 2.01. The molecule has 0 fully saturated rings. The molecule has 1 unspecified atom stereocenters. The standard InChI is InChI=1S/C20H43NO6.C2H6.H2/c1-4-20(3)6-8-22-10-12-24-14-16-26-18-19-27-17-15-25-13-11-23-9-7-21-5-2;1-2;/h20-21H,4-19H2,1-3H3;1-2H3;1H. The van der Waals surface area contributed by atoms with Crippen molar-refractivity contribution in [1.29, 1.82) is 0 Å². The Balaban J connectivity index is -0.00000235. The molecule has 7 heteroatoms. The monoisotopic (exact) mass is 425 g/mol. The summed E-state index contributed by atoms with van der Waals surface area (Å²) in [5, 5.41) is 3.20. The third-order valence-corrected chi connectivity index (χ3v) is 3.99. The minimum Gasteiger partial charge on any atom is -0.379 e. The van der Waals surface area contributed by atoms with E-state index in [1.165, 1.54) is 6.42 Å². The molecule has 0 aliphatic carbocycles. The van der Waals surface area contributed by atoms with Gasteiger partial charge in [-0.05, 0) is 18.9 Å². The first-order valence-electron chi connectivity index (χ1n) is 11.5. The lowest BCUT2D eigenvalue weighted by atomic mass is 10.1. The first-order valence-corrected chi connectivity index (χ1v) is 11.5. The van der Waals surface area contributed by atoms with E-state index in [1.807, 2.05) is 13.8 Å². The van der Waals surface area contributed by atoms with Crippen LogP contribution in [0.5, 0.6) is 0 Å². The lowest BCUT2D eigenvalue weighted by Crippen LogP contribution is -2.20. The quantitative estimate of drug-likeness (QED) is 0.252. The summed E-state index contributed by atoms with van der Waals surface area (Å²) in [5.74, 6) is 0.736. The Labute approximate surface area is 181 Å². The van der Waals surface area contributed by atoms with Crippen molar-refractivity contribution in [2.45, 2.75) is 47.5 Å². The summed E-state index contributed by atoms with van der Waals surface area (Å²) >= 11 is 0. The number of hydrogen-bond donors (Lipinski definition) is 1. The largest absolute Gasteiger partial charge is 0.379 e. The Bertz CT molecular complexity index is 278. The molecule has 0 rings (SSSR count). The third kappa shape index (κ3) is 30.0. The summed E-state index contributed by atoms with van der Waals surface area (Å²) in [6.07, 6.45) is 2.33. The van der Waals surface area contributed by atoms with Crippen LogP contribution in [-0.4, -0.2) is 92.4 Å². The van der Waals surface area contributed by atoms with E-state index >= 15 is 0 Å². The molecule has 0 bridgehead atoms. The molecular weight excluding hydrogens is 374 g/mol. The summed E-state index contributed by atoms with van der Waals surface area (Å²) < 4.78 is 32.7. The molecule has 0 aromatic heterocycles. The molecular formula is C22H51NO6. The predicted octanol–water partition coefficient (Wildman–Crippen LogP) is 3.40. The lowest BCUT2D eigenvalue weighted by molar-refractivity contribution is -0.0169. The van der Waals surface area contributed by atoms with Crippen molar-refractivity contribution in [3.63, 3.8) is 0 Å². The van der Waals surface area contributed by atoms with Gasteiger partial charge in [0, 0.05) is 14.6 Å². The Morgan fingerprint density at radius 3 is 1.28 bits per heavy atom. The van der Waals surface area contributed by atoms with Crippen molar-refractivity contribution in [3.05, 3.63) is 0 Å². The highest BCUT2D eigenvalue weighted by Crippen LogP contribution is 2.05. The Kier molecular flexibility index (Phi) is 31.9. The van der Waals surface area contributed by atoms with E-state index in [9.17, 15) is 0 Å². The van der Waals surface area contributed by atoms with Crippen molar-refractivity contribution < 1.29 is 29.8 Å². The predicted molar refractivity (Wildman–Crippen MR) is 121 cm³/mol. The maximum atomic E-state index is 5.53. The van der Waals surface area contributed by atoms with Gasteiger partial charge in [0.1, 0.15) is 0 Å². The van der Waals surface area contributed by atoms with E-state index in [2.05, 4.69) is 26.1 Å². The van der Waals surface area contributed by atoms with Gasteiger partial charge in [0.25, 0.3) is 0 Å². The molecule has 29 heavy (non-hydrogen) atoms. The molecule has 0 radical (unpaired) electrons. The normalized spacial score (nSPS) is 11.9. The molecule has 0 aliphatic heterocycles. The minimum atomic E-state index is 0. The maximum absolute atomic E-state index is 5.53. The highest BCUT2D eigenvalue weighted by Gasteiger charge is 1.98. The zero-order valence-electron chi connectivity index (χ0n) is 19.8. The van der Waals surface area contributed by atoms with Crippen molar-refractivity contribution >= 4 is 0 Å². The van der Waals surface area contributed by atoms with Crippen LogP contribution in [0.1, 0.15) is 48.9 Å². The van der Waals surface area contributed by atoms with Crippen LogP contribution in [0.4, 0.5) is 0 Å². The van der Waals surface area contributed by atoms with Crippen LogP contribution in [0.15, 0.2) is 0 Å². The van der Waals surface area contributed by atoms with E-state index in [0.717, 1.165) is 38.6 Å². The van der Waals surface area contributed by atoms with Gasteiger partial charge in [0.15, 0.2) is 0 Å². The van der Waals surface area contributed by atoms with E-state index in [-0.39, 0.29) is 1.43 Å². The number of hydrogen-bond acceptors (Lipinski definition) is 7. The summed E-state index contributed by atoms with van der Waals surface area (Å²) in [7, 11) is 0. The van der Waals surface area contributed by atoms with Crippen LogP contribution in [0.2, 0.25) is 0 Å². The topological polar surface area (TPSA) is 67.4 Å². The van der Waals surface area contributed by atoms with E-state index < -0.39 is 0 Å². The molecule has 0 aliphatic rings. The van der Waals surface area contributed by atoms with Crippen molar-refractivity contribution in [3.8, 4) is 0 Å². The van der Waals surface area contributed by atoms with Gasteiger partial charge in [-0.15, -0.1) is 0 Å². The van der Waals surface area contributed by atoms with Gasteiger partial charge < -0.3 is 33.7 Å². The minimum absolute atomic E-state index is 0. The molecule has 0 amide bonds. The van der Waals surface area contributed by atoms with Gasteiger partial charge in [-0.1, -0.05) is 41.0 Å². The Hall–Kier alpha value is -0.280. The van der Waals surface area contributed by atoms with Gasteiger partial charge in [0.2, 0.25) is 0 Å². The molecule has 0 spiro atoms. The Morgan fingerprint density at radius 1 is 0.586 bits per heavy atom. The average molecular weight is 426 g/mol. The highest BCUT2D eigenvalue weighted by molar-refractivity contribution is 4.48. The lowest BCUT2D eigenvalue weighted by Gasteiger charge is -2.09. The second kappa shape index (κ2) is 29.9. The van der Waals surface area contributed by atoms with Crippen LogP contribution < -0.4 is 5.32 Å². The zero-order valence-corrected chi connectivity index (χ0v) is 19.8. The first kappa shape index (κ1) is 30.9. The van der Waals surface area contributed by atoms with Gasteiger partial charge in [-0.25, -0.2) is 0 Å². The van der Waals surface area contributed by atoms with Crippen LogP contribution in [-0.2, 0) is 28.4 Å². The van der Waals surface area contributed by atoms with Crippen LogP contribution in [0.3, 0.4) is 0 Å². The number of likely N-dealkylation sites (N-methyl/N-ethyl adjacent to an activating group) is 1. The molecule has 0 aromatic carbocycles. The number of nitrogens with one attached hydrogen (secondary N) is 1. The first-order chi connectivity index (χ1) is 14.3. The molecule has 0 saturated carbocycles. The number of rotatable bonds is 23. The summed E-state index contributed by atoms with van der Waals surface area (Å²) in [4.78, 5) is 0. The van der Waals surface area contributed by atoms with Gasteiger partial charge in [-0.2, -0.15) is 0 Å². The fourth-order valence-electron chi connectivity index (χ4n) is 2.01. The molecule has 0 saturated heterocycles. The molecule has 0 aromatic rings. The third-order valence-electron chi connectivity index (χ3n) is 3.99. The van der Waals surface area contributed by atoms with Crippen LogP contribution >= 0.6 is 0 Å². The smallest absolute Gasteiger partial charge is 0.0701 e. The van der Waals surface area contributed by atoms with E-state index in [1.54, 1.807) is 0 Å². The second-order valence-corrected chi connectivity index (χ2v) is 6.33. The van der Waals surface area contributed by atoms with Gasteiger partial charge >= 0.3 is 0 Å². The van der Waals surface area contributed by atoms with E-state index in [4.69, 9.17) is 28.4 Å². The summed E-state index contributed by atoms with van der Waals surface area (Å²) in [6, 6.07) is 0. The van der Waals surface area contributed by atoms with E-state index in [0.29, 0.717) is 66.1 Å². The van der Waals surface area contributed by atoms with Crippen LogP contribution in [0, 0.1) is 5.92 Å². The molecule has 1 atom stereocenters. The number of ether oxygens (including phenoxy) is 6. The van der Waals surface area contributed by atoms with Gasteiger partial charge in [-0.3, -0.25) is 0 Å². The Morgan fingerprint density at radius 2 is 0.931 bits per heavy atom. The van der Waals surface area contributed by atoms with Gasteiger partial charge in [0.05, 0.1) is 72.7 Å². The average Bonchev–Trinajstić information content (AvgIpc) is 2.76.